The first-order valence-electron chi connectivity index (χ1n) is 5.54. The van der Waals surface area contributed by atoms with Crippen molar-refractivity contribution in [2.24, 2.45) is 0 Å². The van der Waals surface area contributed by atoms with E-state index in [1.54, 1.807) is 19.1 Å². The summed E-state index contributed by atoms with van der Waals surface area (Å²) >= 11 is 0. The average Bonchev–Trinajstić information content (AvgIpc) is 3.04. The zero-order chi connectivity index (χ0) is 13.7. The van der Waals surface area contributed by atoms with Crippen molar-refractivity contribution in [2.45, 2.75) is 13.5 Å². The number of amides is 1. The second-order valence-electron chi connectivity index (χ2n) is 3.75. The van der Waals surface area contributed by atoms with Crippen LogP contribution < -0.4 is 5.32 Å². The van der Waals surface area contributed by atoms with Crippen molar-refractivity contribution < 1.29 is 23.3 Å². The van der Waals surface area contributed by atoms with Crippen molar-refractivity contribution in [3.05, 3.63) is 41.7 Å². The average molecular weight is 264 g/mol. The highest BCUT2D eigenvalue weighted by atomic mass is 16.5. The first kappa shape index (κ1) is 12.9. The molecule has 2 rings (SSSR count). The van der Waals surface area contributed by atoms with Crippen molar-refractivity contribution >= 4 is 11.9 Å². The minimum atomic E-state index is -0.569. The third kappa shape index (κ3) is 3.70. The third-order valence-corrected chi connectivity index (χ3v) is 2.20. The van der Waals surface area contributed by atoms with Crippen LogP contribution in [0.2, 0.25) is 0 Å². The molecule has 100 valence electrons. The molecule has 2 aromatic rings. The zero-order valence-corrected chi connectivity index (χ0v) is 10.2. The summed E-state index contributed by atoms with van der Waals surface area (Å²) in [6.45, 7) is 1.51. The second kappa shape index (κ2) is 5.85. The predicted octanol–water partition coefficient (Wildman–Crippen LogP) is 1.05. The van der Waals surface area contributed by atoms with Gasteiger partial charge in [0.15, 0.2) is 5.76 Å². The molecule has 7 nitrogen and oxygen atoms in total. The van der Waals surface area contributed by atoms with Crippen molar-refractivity contribution in [2.75, 3.05) is 6.54 Å². The highest BCUT2D eigenvalue weighted by molar-refractivity contribution is 5.93. The molecule has 0 aliphatic carbocycles. The number of carbonyl (C=O) groups excluding carboxylic acids is 2. The van der Waals surface area contributed by atoms with Gasteiger partial charge in [-0.2, -0.15) is 0 Å². The smallest absolute Gasteiger partial charge is 0.325 e. The first-order chi connectivity index (χ1) is 9.15. The summed E-state index contributed by atoms with van der Waals surface area (Å²) in [4.78, 5) is 22.8. The summed E-state index contributed by atoms with van der Waals surface area (Å²) in [6.07, 6.45) is 1.38. The van der Waals surface area contributed by atoms with Crippen LogP contribution in [-0.2, 0) is 16.1 Å². The van der Waals surface area contributed by atoms with Crippen LogP contribution in [0.1, 0.15) is 22.0 Å². The van der Waals surface area contributed by atoms with Gasteiger partial charge in [0.2, 0.25) is 0 Å². The van der Waals surface area contributed by atoms with Crippen molar-refractivity contribution in [3.8, 4) is 0 Å². The Morgan fingerprint density at radius 1 is 1.47 bits per heavy atom. The Labute approximate surface area is 108 Å². The fraction of sp³-hybridized carbons (Fsp3) is 0.250. The Kier molecular flexibility index (Phi) is 3.97. The number of hydrogen-bond donors (Lipinski definition) is 1. The largest absolute Gasteiger partial charge is 0.459 e. The number of nitrogens with zero attached hydrogens (tertiary/aromatic N) is 1. The van der Waals surface area contributed by atoms with E-state index in [9.17, 15) is 9.59 Å². The summed E-state index contributed by atoms with van der Waals surface area (Å²) < 4.78 is 14.6. The van der Waals surface area contributed by atoms with E-state index in [0.29, 0.717) is 11.5 Å². The lowest BCUT2D eigenvalue weighted by Crippen LogP contribution is -2.30. The molecule has 0 fully saturated rings. The lowest BCUT2D eigenvalue weighted by atomic mass is 10.4. The number of aryl methyl sites for hydroxylation is 1. The summed E-state index contributed by atoms with van der Waals surface area (Å²) in [6, 6.07) is 4.74. The van der Waals surface area contributed by atoms with Gasteiger partial charge in [0.25, 0.3) is 5.91 Å². The third-order valence-electron chi connectivity index (χ3n) is 2.20. The minimum Gasteiger partial charge on any atom is -0.459 e. The molecule has 0 bridgehead atoms. The number of aromatic nitrogens is 1. The Morgan fingerprint density at radius 3 is 2.95 bits per heavy atom. The van der Waals surface area contributed by atoms with E-state index >= 15 is 0 Å². The number of rotatable bonds is 5. The topological polar surface area (TPSA) is 94.6 Å². The molecular formula is C12H12N2O5. The van der Waals surface area contributed by atoms with E-state index in [0.717, 1.165) is 0 Å². The van der Waals surface area contributed by atoms with E-state index in [1.807, 2.05) is 0 Å². The normalized spacial score (nSPS) is 10.2. The molecule has 0 spiro atoms. The van der Waals surface area contributed by atoms with Gasteiger partial charge in [0, 0.05) is 6.07 Å². The maximum absolute atomic E-state index is 11.4. The van der Waals surface area contributed by atoms with Crippen LogP contribution in [0.25, 0.3) is 0 Å². The van der Waals surface area contributed by atoms with Crippen LogP contribution in [0, 0.1) is 6.92 Å². The van der Waals surface area contributed by atoms with Crippen LogP contribution in [0.5, 0.6) is 0 Å². The molecule has 0 aromatic carbocycles. The summed E-state index contributed by atoms with van der Waals surface area (Å²) in [5.41, 5.74) is 0.517. The van der Waals surface area contributed by atoms with Gasteiger partial charge in [-0.1, -0.05) is 5.16 Å². The van der Waals surface area contributed by atoms with E-state index in [4.69, 9.17) is 13.7 Å². The molecule has 1 amide bonds. The fourth-order valence-electron chi connectivity index (χ4n) is 1.34. The van der Waals surface area contributed by atoms with Crippen LogP contribution >= 0.6 is 0 Å². The van der Waals surface area contributed by atoms with Crippen LogP contribution in [0.4, 0.5) is 0 Å². The van der Waals surface area contributed by atoms with Gasteiger partial charge >= 0.3 is 5.97 Å². The van der Waals surface area contributed by atoms with E-state index in [-0.39, 0.29) is 18.9 Å². The summed E-state index contributed by atoms with van der Waals surface area (Å²) in [5.74, 6) is -0.267. The molecule has 0 aliphatic heterocycles. The molecule has 0 radical (unpaired) electrons. The van der Waals surface area contributed by atoms with Gasteiger partial charge in [-0.25, -0.2) is 0 Å². The monoisotopic (exact) mass is 264 g/mol. The van der Waals surface area contributed by atoms with Crippen molar-refractivity contribution in [1.29, 1.82) is 0 Å². The number of hydrogen-bond acceptors (Lipinski definition) is 6. The number of carbonyl (C=O) groups is 2. The lowest BCUT2D eigenvalue weighted by Gasteiger charge is -2.03. The molecule has 0 saturated heterocycles. The van der Waals surface area contributed by atoms with Crippen LogP contribution in [0.15, 0.2) is 33.4 Å². The number of esters is 1. The van der Waals surface area contributed by atoms with Crippen molar-refractivity contribution in [1.82, 2.24) is 10.5 Å². The zero-order valence-electron chi connectivity index (χ0n) is 10.2. The van der Waals surface area contributed by atoms with Gasteiger partial charge in [-0.15, -0.1) is 0 Å². The Bertz CT molecular complexity index is 558. The molecule has 0 atom stereocenters. The number of ether oxygens (including phenoxy) is 1. The van der Waals surface area contributed by atoms with Crippen LogP contribution in [-0.4, -0.2) is 23.6 Å². The molecule has 2 aromatic heterocycles. The van der Waals surface area contributed by atoms with Crippen LogP contribution in [0.3, 0.4) is 0 Å². The van der Waals surface area contributed by atoms with Crippen molar-refractivity contribution in [3.63, 3.8) is 0 Å². The SMILES string of the molecule is Cc1cc(COC(=O)CNC(=O)c2ccco2)no1. The number of furan rings is 1. The minimum absolute atomic E-state index is 0.00674. The molecule has 0 unspecified atom stereocenters. The van der Waals surface area contributed by atoms with Gasteiger partial charge < -0.3 is 19.0 Å². The van der Waals surface area contributed by atoms with E-state index in [2.05, 4.69) is 10.5 Å². The first-order valence-corrected chi connectivity index (χ1v) is 5.54. The summed E-state index contributed by atoms with van der Waals surface area (Å²) in [7, 11) is 0. The molecule has 2 heterocycles. The highest BCUT2D eigenvalue weighted by Gasteiger charge is 2.11. The van der Waals surface area contributed by atoms with Gasteiger partial charge in [-0.3, -0.25) is 9.59 Å². The molecule has 7 heteroatoms. The Hall–Kier alpha value is -2.57. The lowest BCUT2D eigenvalue weighted by molar-refractivity contribution is -0.143. The molecule has 19 heavy (non-hydrogen) atoms. The fourth-order valence-corrected chi connectivity index (χ4v) is 1.34. The molecule has 0 aliphatic rings. The highest BCUT2D eigenvalue weighted by Crippen LogP contribution is 2.03. The Morgan fingerprint density at radius 2 is 2.32 bits per heavy atom. The summed E-state index contributed by atoms with van der Waals surface area (Å²) in [5, 5.41) is 6.04. The standard InChI is InChI=1S/C12H12N2O5/c1-8-5-9(14-19-8)7-18-11(15)6-13-12(16)10-3-2-4-17-10/h2-5H,6-7H2,1H3,(H,13,16). The quantitative estimate of drug-likeness (QED) is 0.811. The maximum atomic E-state index is 11.4. The Balaban J connectivity index is 1.71. The van der Waals surface area contributed by atoms with Gasteiger partial charge in [-0.05, 0) is 19.1 Å². The molecule has 1 N–H and O–H groups in total. The molecule has 0 saturated carbocycles. The van der Waals surface area contributed by atoms with Gasteiger partial charge in [0.1, 0.15) is 24.6 Å². The maximum Gasteiger partial charge on any atom is 0.325 e. The van der Waals surface area contributed by atoms with E-state index < -0.39 is 11.9 Å². The second-order valence-corrected chi connectivity index (χ2v) is 3.75. The van der Waals surface area contributed by atoms with Gasteiger partial charge in [0.05, 0.1) is 6.26 Å². The number of nitrogens with one attached hydrogen (secondary N) is 1. The predicted molar refractivity (Wildman–Crippen MR) is 62.1 cm³/mol. The van der Waals surface area contributed by atoms with E-state index in [1.165, 1.54) is 12.3 Å². The molecular weight excluding hydrogens is 252 g/mol.